The first-order chi connectivity index (χ1) is 10.8. The molecule has 1 aliphatic heterocycles. The largest absolute Gasteiger partial charge is 0.366 e. The predicted molar refractivity (Wildman–Crippen MR) is 84.5 cm³/mol. The number of fused-ring (bicyclic) bond motifs is 3. The molecular formula is C18H18N2O2. The van der Waals surface area contributed by atoms with Gasteiger partial charge in [-0.05, 0) is 22.3 Å². The van der Waals surface area contributed by atoms with Gasteiger partial charge in [0, 0.05) is 13.1 Å². The van der Waals surface area contributed by atoms with Crippen LogP contribution in [0.5, 0.6) is 0 Å². The van der Waals surface area contributed by atoms with E-state index in [2.05, 4.69) is 34.9 Å². The van der Waals surface area contributed by atoms with Crippen molar-refractivity contribution in [2.24, 2.45) is 0 Å². The van der Waals surface area contributed by atoms with Gasteiger partial charge in [-0.25, -0.2) is 0 Å². The van der Waals surface area contributed by atoms with Crippen LogP contribution in [0, 0.1) is 0 Å². The summed E-state index contributed by atoms with van der Waals surface area (Å²) in [5.74, 6) is -0.0521. The third-order valence-corrected chi connectivity index (χ3v) is 4.34. The zero-order valence-corrected chi connectivity index (χ0v) is 12.2. The molecule has 4 nitrogen and oxygen atoms in total. The highest BCUT2D eigenvalue weighted by Crippen LogP contribution is 2.42. The minimum atomic E-state index is -0.409. The predicted octanol–water partition coefficient (Wildman–Crippen LogP) is 1.86. The Hall–Kier alpha value is -2.17. The molecule has 0 spiro atoms. The Morgan fingerprint density at radius 2 is 1.68 bits per heavy atom. The van der Waals surface area contributed by atoms with Gasteiger partial charge in [-0.2, -0.15) is 0 Å². The van der Waals surface area contributed by atoms with Gasteiger partial charge < -0.3 is 15.4 Å². The summed E-state index contributed by atoms with van der Waals surface area (Å²) in [6.07, 6.45) is -0.409. The number of nitrogens with one attached hydrogen (secondary N) is 2. The maximum Gasteiger partial charge on any atom is 0.251 e. The molecule has 0 bridgehead atoms. The number of carbonyl (C=O) groups excluding carboxylic acids is 1. The van der Waals surface area contributed by atoms with Gasteiger partial charge >= 0.3 is 0 Å². The van der Waals surface area contributed by atoms with Crippen molar-refractivity contribution < 1.29 is 9.53 Å². The number of hydrogen-bond acceptors (Lipinski definition) is 3. The molecular weight excluding hydrogens is 276 g/mol. The van der Waals surface area contributed by atoms with E-state index >= 15 is 0 Å². The molecule has 1 fully saturated rings. The monoisotopic (exact) mass is 294 g/mol. The van der Waals surface area contributed by atoms with Gasteiger partial charge in [0.1, 0.15) is 6.10 Å². The molecule has 1 amide bonds. The molecule has 1 heterocycles. The van der Waals surface area contributed by atoms with Crippen LogP contribution in [0.1, 0.15) is 17.2 Å². The Morgan fingerprint density at radius 3 is 2.27 bits per heavy atom. The second kappa shape index (κ2) is 5.55. The Kier molecular flexibility index (Phi) is 3.41. The van der Waals surface area contributed by atoms with Crippen molar-refractivity contribution in [3.05, 3.63) is 59.7 Å². The summed E-state index contributed by atoms with van der Waals surface area (Å²) < 4.78 is 5.55. The van der Waals surface area contributed by atoms with Crippen LogP contribution in [-0.4, -0.2) is 31.7 Å². The Bertz CT molecular complexity index is 662. The number of amides is 1. The standard InChI is InChI=1S/C18H18N2O2/c21-18(16-11-19-9-10-22-16)20-17-14-7-3-1-5-12(14)13-6-2-4-8-15(13)17/h1-8,16-17,19H,9-11H2,(H,20,21)/t16-/m1/s1. The van der Waals surface area contributed by atoms with Crippen LogP contribution >= 0.6 is 0 Å². The molecule has 1 aliphatic carbocycles. The normalized spacial score (nSPS) is 20.3. The Labute approximate surface area is 129 Å². The van der Waals surface area contributed by atoms with Crippen LogP contribution in [0.2, 0.25) is 0 Å². The van der Waals surface area contributed by atoms with Gasteiger partial charge in [0.25, 0.3) is 5.91 Å². The molecule has 0 saturated carbocycles. The fourth-order valence-corrected chi connectivity index (χ4v) is 3.28. The molecule has 112 valence electrons. The van der Waals surface area contributed by atoms with Crippen LogP contribution in [0.4, 0.5) is 0 Å². The number of carbonyl (C=O) groups is 1. The summed E-state index contributed by atoms with van der Waals surface area (Å²) in [4.78, 5) is 12.5. The average molecular weight is 294 g/mol. The van der Waals surface area contributed by atoms with Crippen LogP contribution < -0.4 is 10.6 Å². The van der Waals surface area contributed by atoms with Gasteiger partial charge in [0.15, 0.2) is 0 Å². The average Bonchev–Trinajstić information content (AvgIpc) is 2.90. The molecule has 22 heavy (non-hydrogen) atoms. The lowest BCUT2D eigenvalue weighted by Gasteiger charge is -2.25. The molecule has 1 atom stereocenters. The van der Waals surface area contributed by atoms with E-state index in [0.29, 0.717) is 13.2 Å². The van der Waals surface area contributed by atoms with Crippen molar-refractivity contribution in [1.82, 2.24) is 10.6 Å². The van der Waals surface area contributed by atoms with E-state index in [1.165, 1.54) is 11.1 Å². The minimum Gasteiger partial charge on any atom is -0.366 e. The third kappa shape index (κ3) is 2.21. The van der Waals surface area contributed by atoms with Gasteiger partial charge in [0.05, 0.1) is 12.6 Å². The van der Waals surface area contributed by atoms with Crippen LogP contribution in [0.25, 0.3) is 11.1 Å². The van der Waals surface area contributed by atoms with Crippen molar-refractivity contribution >= 4 is 5.91 Å². The maximum absolute atomic E-state index is 12.5. The van der Waals surface area contributed by atoms with Crippen molar-refractivity contribution in [3.63, 3.8) is 0 Å². The molecule has 0 aromatic heterocycles. The highest BCUT2D eigenvalue weighted by Gasteiger charge is 2.31. The highest BCUT2D eigenvalue weighted by molar-refractivity contribution is 5.85. The molecule has 2 aromatic rings. The third-order valence-electron chi connectivity index (χ3n) is 4.34. The first-order valence-corrected chi connectivity index (χ1v) is 7.65. The number of ether oxygens (including phenoxy) is 1. The lowest BCUT2D eigenvalue weighted by Crippen LogP contribution is -2.48. The summed E-state index contributed by atoms with van der Waals surface area (Å²) in [6.45, 7) is 1.96. The highest BCUT2D eigenvalue weighted by atomic mass is 16.5. The minimum absolute atomic E-state index is 0.0521. The zero-order chi connectivity index (χ0) is 14.9. The Balaban J connectivity index is 1.65. The molecule has 2 aliphatic rings. The second-order valence-corrected chi connectivity index (χ2v) is 5.68. The van der Waals surface area contributed by atoms with E-state index in [9.17, 15) is 4.79 Å². The number of hydrogen-bond donors (Lipinski definition) is 2. The summed E-state index contributed by atoms with van der Waals surface area (Å²) in [6, 6.07) is 16.4. The molecule has 1 saturated heterocycles. The van der Waals surface area contributed by atoms with Gasteiger partial charge in [0.2, 0.25) is 0 Å². The molecule has 0 radical (unpaired) electrons. The first kappa shape index (κ1) is 13.5. The number of morpholine rings is 1. The van der Waals surface area contributed by atoms with E-state index in [-0.39, 0.29) is 11.9 Å². The quantitative estimate of drug-likeness (QED) is 0.889. The Morgan fingerprint density at radius 1 is 1.05 bits per heavy atom. The van der Waals surface area contributed by atoms with Gasteiger partial charge in [-0.15, -0.1) is 0 Å². The maximum atomic E-state index is 12.5. The fourth-order valence-electron chi connectivity index (χ4n) is 3.28. The molecule has 2 aromatic carbocycles. The van der Waals surface area contributed by atoms with E-state index in [0.717, 1.165) is 17.7 Å². The van der Waals surface area contributed by atoms with Gasteiger partial charge in [-0.1, -0.05) is 48.5 Å². The number of benzene rings is 2. The van der Waals surface area contributed by atoms with Crippen molar-refractivity contribution in [1.29, 1.82) is 0 Å². The molecule has 4 heteroatoms. The second-order valence-electron chi connectivity index (χ2n) is 5.68. The van der Waals surface area contributed by atoms with E-state index in [1.807, 2.05) is 24.3 Å². The van der Waals surface area contributed by atoms with E-state index in [4.69, 9.17) is 4.74 Å². The van der Waals surface area contributed by atoms with E-state index in [1.54, 1.807) is 0 Å². The van der Waals surface area contributed by atoms with Crippen LogP contribution in [-0.2, 0) is 9.53 Å². The SMILES string of the molecule is O=C(NC1c2ccccc2-c2ccccc21)[C@H]1CNCCO1. The lowest BCUT2D eigenvalue weighted by atomic mass is 10.1. The van der Waals surface area contributed by atoms with Crippen molar-refractivity contribution in [2.75, 3.05) is 19.7 Å². The smallest absolute Gasteiger partial charge is 0.251 e. The summed E-state index contributed by atoms with van der Waals surface area (Å²) in [5.41, 5.74) is 4.71. The topological polar surface area (TPSA) is 50.4 Å². The summed E-state index contributed by atoms with van der Waals surface area (Å²) >= 11 is 0. The van der Waals surface area contributed by atoms with Gasteiger partial charge in [-0.3, -0.25) is 4.79 Å². The van der Waals surface area contributed by atoms with E-state index < -0.39 is 6.10 Å². The number of rotatable bonds is 2. The van der Waals surface area contributed by atoms with Crippen LogP contribution in [0.3, 0.4) is 0 Å². The molecule has 2 N–H and O–H groups in total. The first-order valence-electron chi connectivity index (χ1n) is 7.65. The summed E-state index contributed by atoms with van der Waals surface area (Å²) in [5, 5.41) is 6.35. The zero-order valence-electron chi connectivity index (χ0n) is 12.2. The lowest BCUT2D eigenvalue weighted by molar-refractivity contribution is -0.134. The van der Waals surface area contributed by atoms with Crippen molar-refractivity contribution in [3.8, 4) is 11.1 Å². The summed E-state index contributed by atoms with van der Waals surface area (Å²) in [7, 11) is 0. The molecule has 0 unspecified atom stereocenters. The van der Waals surface area contributed by atoms with Crippen molar-refractivity contribution in [2.45, 2.75) is 12.1 Å². The van der Waals surface area contributed by atoms with Crippen LogP contribution in [0.15, 0.2) is 48.5 Å². The fraction of sp³-hybridized carbons (Fsp3) is 0.278. The molecule has 4 rings (SSSR count).